The van der Waals surface area contributed by atoms with E-state index in [1.165, 1.54) is 0 Å². The minimum absolute atomic E-state index is 0.262. The Labute approximate surface area is 130 Å². The van der Waals surface area contributed by atoms with E-state index in [0.717, 1.165) is 14.8 Å². The minimum atomic E-state index is -0.262. The molecule has 0 aliphatic carbocycles. The zero-order valence-corrected chi connectivity index (χ0v) is 13.1. The van der Waals surface area contributed by atoms with Crippen LogP contribution in [-0.4, -0.2) is 5.91 Å². The molecule has 0 atom stereocenters. The van der Waals surface area contributed by atoms with Crippen LogP contribution < -0.4 is 11.1 Å². The Morgan fingerprint density at radius 2 is 2.00 bits per heavy atom. The van der Waals surface area contributed by atoms with Crippen LogP contribution in [0.2, 0.25) is 5.02 Å². The van der Waals surface area contributed by atoms with Crippen LogP contribution >= 0.6 is 34.2 Å². The lowest BCUT2D eigenvalue weighted by Crippen LogP contribution is -2.13. The first-order valence-electron chi connectivity index (χ1n) is 5.60. The normalized spacial score (nSPS) is 10.3. The van der Waals surface area contributed by atoms with Crippen molar-refractivity contribution in [2.45, 2.75) is 6.92 Å². The van der Waals surface area contributed by atoms with Crippen molar-refractivity contribution >= 4 is 51.5 Å². The van der Waals surface area contributed by atoms with Crippen molar-refractivity contribution in [3.63, 3.8) is 0 Å². The van der Waals surface area contributed by atoms with Gasteiger partial charge in [0.25, 0.3) is 5.91 Å². The number of hydrogen-bond donors (Lipinski definition) is 2. The second-order valence-electron chi connectivity index (χ2n) is 4.15. The summed E-state index contributed by atoms with van der Waals surface area (Å²) in [6.45, 7) is 1.94. The molecule has 0 saturated carbocycles. The van der Waals surface area contributed by atoms with Gasteiger partial charge in [-0.3, -0.25) is 4.79 Å². The molecule has 2 rings (SSSR count). The summed E-state index contributed by atoms with van der Waals surface area (Å²) < 4.78 is 1.12. The zero-order chi connectivity index (χ0) is 14.0. The van der Waals surface area contributed by atoms with Crippen LogP contribution in [-0.2, 0) is 0 Å². The summed E-state index contributed by atoms with van der Waals surface area (Å²) in [6.07, 6.45) is 0. The summed E-state index contributed by atoms with van der Waals surface area (Å²) >= 11 is 8.23. The molecule has 1 amide bonds. The first-order valence-corrected chi connectivity index (χ1v) is 7.05. The second kappa shape index (κ2) is 5.79. The fourth-order valence-corrected chi connectivity index (χ4v) is 2.52. The molecule has 0 bridgehead atoms. The maximum Gasteiger partial charge on any atom is 0.257 e. The van der Waals surface area contributed by atoms with Crippen LogP contribution in [0.4, 0.5) is 11.4 Å². The molecule has 0 aliphatic rings. The van der Waals surface area contributed by atoms with Gasteiger partial charge in [0, 0.05) is 14.9 Å². The molecule has 0 fully saturated rings. The number of halogens is 2. The van der Waals surface area contributed by atoms with Crippen molar-refractivity contribution in [3.8, 4) is 0 Å². The Bertz CT molecular complexity index is 643. The average molecular weight is 387 g/mol. The zero-order valence-electron chi connectivity index (χ0n) is 10.2. The lowest BCUT2D eigenvalue weighted by atomic mass is 10.1. The predicted molar refractivity (Wildman–Crippen MR) is 87.7 cm³/mol. The summed E-state index contributed by atoms with van der Waals surface area (Å²) in [5.41, 5.74) is 8.32. The largest absolute Gasteiger partial charge is 0.399 e. The third-order valence-electron chi connectivity index (χ3n) is 2.67. The molecule has 2 aromatic rings. The van der Waals surface area contributed by atoms with Gasteiger partial charge in [-0.25, -0.2) is 0 Å². The van der Waals surface area contributed by atoms with Crippen LogP contribution in [0, 0.1) is 10.5 Å². The summed E-state index contributed by atoms with van der Waals surface area (Å²) in [4.78, 5) is 12.2. The quantitative estimate of drug-likeness (QED) is 0.603. The summed E-state index contributed by atoms with van der Waals surface area (Å²) in [6, 6.07) is 10.7. The first-order chi connectivity index (χ1) is 8.97. The van der Waals surface area contributed by atoms with E-state index in [-0.39, 0.29) is 5.91 Å². The molecule has 0 aromatic heterocycles. The van der Waals surface area contributed by atoms with Gasteiger partial charge in [0.2, 0.25) is 0 Å². The average Bonchev–Trinajstić information content (AvgIpc) is 2.35. The highest BCUT2D eigenvalue weighted by atomic mass is 127. The number of aryl methyl sites for hydroxylation is 1. The lowest BCUT2D eigenvalue weighted by Gasteiger charge is -2.10. The van der Waals surface area contributed by atoms with Gasteiger partial charge in [-0.2, -0.15) is 0 Å². The number of carbonyl (C=O) groups excluding carboxylic acids is 1. The number of rotatable bonds is 2. The summed E-state index contributed by atoms with van der Waals surface area (Å²) in [5, 5.41) is 3.22. The van der Waals surface area contributed by atoms with Crippen molar-refractivity contribution in [3.05, 3.63) is 56.1 Å². The number of nitrogens with one attached hydrogen (secondary N) is 1. The van der Waals surface area contributed by atoms with Crippen molar-refractivity contribution < 1.29 is 4.79 Å². The topological polar surface area (TPSA) is 55.1 Å². The molecule has 0 spiro atoms. The molecule has 0 aliphatic heterocycles. The fraction of sp³-hybridized carbons (Fsp3) is 0.0714. The molecule has 0 unspecified atom stereocenters. The van der Waals surface area contributed by atoms with E-state index in [9.17, 15) is 4.79 Å². The Hall–Kier alpha value is -1.27. The van der Waals surface area contributed by atoms with Gasteiger partial charge < -0.3 is 11.1 Å². The maximum absolute atomic E-state index is 12.2. The van der Waals surface area contributed by atoms with Gasteiger partial charge in [0.1, 0.15) is 0 Å². The fourth-order valence-electron chi connectivity index (χ4n) is 1.67. The molecule has 0 saturated heterocycles. The number of carbonyl (C=O) groups is 1. The van der Waals surface area contributed by atoms with Crippen molar-refractivity contribution in [2.75, 3.05) is 11.1 Å². The highest BCUT2D eigenvalue weighted by molar-refractivity contribution is 14.1. The van der Waals surface area contributed by atoms with Gasteiger partial charge in [0.05, 0.1) is 10.6 Å². The van der Waals surface area contributed by atoms with E-state index in [4.69, 9.17) is 17.3 Å². The summed E-state index contributed by atoms with van der Waals surface area (Å²) in [7, 11) is 0. The highest BCUT2D eigenvalue weighted by Crippen LogP contribution is 2.22. The van der Waals surface area contributed by atoms with Crippen molar-refractivity contribution in [2.24, 2.45) is 0 Å². The van der Waals surface area contributed by atoms with Crippen LogP contribution in [0.1, 0.15) is 15.9 Å². The number of nitrogen functional groups attached to an aromatic ring is 1. The van der Waals surface area contributed by atoms with E-state index in [2.05, 4.69) is 27.9 Å². The van der Waals surface area contributed by atoms with Gasteiger partial charge in [0.15, 0.2) is 0 Å². The Morgan fingerprint density at radius 3 is 2.68 bits per heavy atom. The monoisotopic (exact) mass is 386 g/mol. The predicted octanol–water partition coefficient (Wildman–Crippen LogP) is 4.09. The lowest BCUT2D eigenvalue weighted by molar-refractivity contribution is 0.102. The molecule has 3 nitrogen and oxygen atoms in total. The van der Waals surface area contributed by atoms with E-state index in [1.807, 2.05) is 25.1 Å². The molecule has 5 heteroatoms. The Balaban J connectivity index is 2.28. The highest BCUT2D eigenvalue weighted by Gasteiger charge is 2.12. The number of hydrogen-bond acceptors (Lipinski definition) is 2. The SMILES string of the molecule is Cc1cc(I)ccc1NC(=O)c1cc(N)ccc1Cl. The first kappa shape index (κ1) is 14.1. The van der Waals surface area contributed by atoms with E-state index in [0.29, 0.717) is 16.3 Å². The molecular weight excluding hydrogens is 375 g/mol. The van der Waals surface area contributed by atoms with E-state index >= 15 is 0 Å². The van der Waals surface area contributed by atoms with Gasteiger partial charge in [-0.15, -0.1) is 0 Å². The molecular formula is C14H12ClIN2O. The number of anilines is 2. The van der Waals surface area contributed by atoms with Crippen LogP contribution in [0.5, 0.6) is 0 Å². The third kappa shape index (κ3) is 3.39. The Kier molecular flexibility index (Phi) is 4.31. The van der Waals surface area contributed by atoms with Crippen molar-refractivity contribution in [1.29, 1.82) is 0 Å². The number of benzene rings is 2. The molecule has 3 N–H and O–H groups in total. The standard InChI is InChI=1S/C14H12ClIN2O/c1-8-6-9(16)2-5-13(8)18-14(19)11-7-10(17)3-4-12(11)15/h2-7H,17H2,1H3,(H,18,19). The molecule has 0 heterocycles. The molecule has 2 aromatic carbocycles. The number of amides is 1. The van der Waals surface area contributed by atoms with E-state index in [1.54, 1.807) is 18.2 Å². The molecule has 98 valence electrons. The van der Waals surface area contributed by atoms with Crippen LogP contribution in [0.3, 0.4) is 0 Å². The molecule has 0 radical (unpaired) electrons. The minimum Gasteiger partial charge on any atom is -0.399 e. The van der Waals surface area contributed by atoms with E-state index < -0.39 is 0 Å². The van der Waals surface area contributed by atoms with Gasteiger partial charge in [-0.05, 0) is 71.5 Å². The van der Waals surface area contributed by atoms with Crippen LogP contribution in [0.25, 0.3) is 0 Å². The van der Waals surface area contributed by atoms with Crippen LogP contribution in [0.15, 0.2) is 36.4 Å². The van der Waals surface area contributed by atoms with Gasteiger partial charge >= 0.3 is 0 Å². The maximum atomic E-state index is 12.2. The molecule has 19 heavy (non-hydrogen) atoms. The second-order valence-corrected chi connectivity index (χ2v) is 5.81. The summed E-state index contributed by atoms with van der Waals surface area (Å²) in [5.74, 6) is -0.262. The van der Waals surface area contributed by atoms with Crippen molar-refractivity contribution in [1.82, 2.24) is 0 Å². The Morgan fingerprint density at radius 1 is 1.26 bits per heavy atom. The smallest absolute Gasteiger partial charge is 0.257 e. The number of nitrogens with two attached hydrogens (primary N) is 1. The third-order valence-corrected chi connectivity index (χ3v) is 3.67. The van der Waals surface area contributed by atoms with Gasteiger partial charge in [-0.1, -0.05) is 11.6 Å².